The Balaban J connectivity index is 1.67. The lowest BCUT2D eigenvalue weighted by molar-refractivity contribution is 0.404. The van der Waals surface area contributed by atoms with Gasteiger partial charge in [0.1, 0.15) is 5.75 Å². The average Bonchev–Trinajstić information content (AvgIpc) is 3.36. The highest BCUT2D eigenvalue weighted by Gasteiger charge is 2.52. The standard InChI is InChI=1S/C19H25NO/c1-21-16-8-6-15(7-9-16)19(11-12-19)18-17-5-3-2-4-14(17)10-13-20-18/h6-9,18,20H,2-5,10-13H2,1H3. The molecule has 1 fully saturated rings. The number of nitrogens with one attached hydrogen (secondary N) is 1. The van der Waals surface area contributed by atoms with E-state index in [2.05, 4.69) is 29.6 Å². The van der Waals surface area contributed by atoms with Crippen LogP contribution in [0.15, 0.2) is 35.4 Å². The third kappa shape index (κ3) is 2.20. The normalized spacial score (nSPS) is 27.2. The number of ether oxygens (including phenoxy) is 1. The molecule has 0 radical (unpaired) electrons. The summed E-state index contributed by atoms with van der Waals surface area (Å²) in [5.41, 5.74) is 5.41. The molecule has 1 aliphatic heterocycles. The lowest BCUT2D eigenvalue weighted by Crippen LogP contribution is -2.45. The number of benzene rings is 1. The van der Waals surface area contributed by atoms with Crippen molar-refractivity contribution < 1.29 is 4.74 Å². The summed E-state index contributed by atoms with van der Waals surface area (Å²) in [6, 6.07) is 9.40. The maximum Gasteiger partial charge on any atom is 0.118 e. The molecule has 0 aromatic heterocycles. The van der Waals surface area contributed by atoms with Gasteiger partial charge in [-0.25, -0.2) is 0 Å². The van der Waals surface area contributed by atoms with Crippen molar-refractivity contribution in [2.24, 2.45) is 0 Å². The molecule has 1 heterocycles. The number of hydrogen-bond acceptors (Lipinski definition) is 2. The van der Waals surface area contributed by atoms with Gasteiger partial charge in [-0.3, -0.25) is 0 Å². The molecule has 0 amide bonds. The maximum atomic E-state index is 5.31. The first-order chi connectivity index (χ1) is 10.3. The molecule has 1 unspecified atom stereocenters. The fourth-order valence-corrected chi connectivity index (χ4v) is 4.45. The van der Waals surface area contributed by atoms with Gasteiger partial charge in [-0.15, -0.1) is 0 Å². The van der Waals surface area contributed by atoms with Gasteiger partial charge < -0.3 is 10.1 Å². The predicted molar refractivity (Wildman–Crippen MR) is 85.8 cm³/mol. The van der Waals surface area contributed by atoms with Crippen molar-refractivity contribution in [3.8, 4) is 5.75 Å². The van der Waals surface area contributed by atoms with Gasteiger partial charge in [0.05, 0.1) is 7.11 Å². The minimum atomic E-state index is 0.366. The highest BCUT2D eigenvalue weighted by Crippen LogP contribution is 2.55. The van der Waals surface area contributed by atoms with Gasteiger partial charge in [-0.05, 0) is 69.2 Å². The highest BCUT2D eigenvalue weighted by molar-refractivity contribution is 5.43. The first-order valence-corrected chi connectivity index (χ1v) is 8.42. The van der Waals surface area contributed by atoms with Gasteiger partial charge in [0.15, 0.2) is 0 Å². The molecule has 1 atom stereocenters. The quantitative estimate of drug-likeness (QED) is 0.848. The second-order valence-electron chi connectivity index (χ2n) is 6.86. The van der Waals surface area contributed by atoms with Gasteiger partial charge in [0.25, 0.3) is 0 Å². The summed E-state index contributed by atoms with van der Waals surface area (Å²) in [5.74, 6) is 0.962. The van der Waals surface area contributed by atoms with Crippen LogP contribution in [0.1, 0.15) is 50.5 Å². The first kappa shape index (κ1) is 13.4. The van der Waals surface area contributed by atoms with Crippen LogP contribution in [-0.2, 0) is 5.41 Å². The van der Waals surface area contributed by atoms with E-state index >= 15 is 0 Å². The van der Waals surface area contributed by atoms with Crippen LogP contribution in [-0.4, -0.2) is 19.7 Å². The van der Waals surface area contributed by atoms with E-state index in [4.69, 9.17) is 4.74 Å². The average molecular weight is 283 g/mol. The topological polar surface area (TPSA) is 21.3 Å². The minimum absolute atomic E-state index is 0.366. The van der Waals surface area contributed by atoms with Crippen LogP contribution in [0.3, 0.4) is 0 Å². The Hall–Kier alpha value is -1.28. The zero-order valence-corrected chi connectivity index (χ0v) is 13.0. The van der Waals surface area contributed by atoms with Crippen molar-refractivity contribution in [2.75, 3.05) is 13.7 Å². The summed E-state index contributed by atoms with van der Waals surface area (Å²) in [4.78, 5) is 0. The second-order valence-corrected chi connectivity index (χ2v) is 6.86. The monoisotopic (exact) mass is 283 g/mol. The summed E-state index contributed by atoms with van der Waals surface area (Å²) in [6.07, 6.45) is 9.40. The van der Waals surface area contributed by atoms with Crippen LogP contribution in [0, 0.1) is 0 Å². The zero-order chi connectivity index (χ0) is 14.3. The van der Waals surface area contributed by atoms with Crippen molar-refractivity contribution in [1.82, 2.24) is 5.32 Å². The molecule has 2 aliphatic carbocycles. The van der Waals surface area contributed by atoms with Crippen molar-refractivity contribution in [1.29, 1.82) is 0 Å². The van der Waals surface area contributed by atoms with E-state index in [-0.39, 0.29) is 0 Å². The van der Waals surface area contributed by atoms with Crippen molar-refractivity contribution in [3.05, 3.63) is 41.0 Å². The van der Waals surface area contributed by atoms with Crippen molar-refractivity contribution >= 4 is 0 Å². The Kier molecular flexibility index (Phi) is 3.30. The van der Waals surface area contributed by atoms with Crippen LogP contribution in [0.2, 0.25) is 0 Å². The molecule has 0 bridgehead atoms. The minimum Gasteiger partial charge on any atom is -0.497 e. The molecule has 112 valence electrons. The molecule has 4 rings (SSSR count). The summed E-state index contributed by atoms with van der Waals surface area (Å²) in [5, 5.41) is 3.86. The SMILES string of the molecule is COc1ccc(C2(C3NCCC4=C3CCCC4)CC2)cc1. The summed E-state index contributed by atoms with van der Waals surface area (Å²) in [6.45, 7) is 1.17. The van der Waals surface area contributed by atoms with Crippen LogP contribution in [0.25, 0.3) is 0 Å². The van der Waals surface area contributed by atoms with Gasteiger partial charge in [-0.1, -0.05) is 23.3 Å². The third-order valence-electron chi connectivity index (χ3n) is 5.76. The fourth-order valence-electron chi connectivity index (χ4n) is 4.45. The van der Waals surface area contributed by atoms with Crippen LogP contribution in [0.5, 0.6) is 5.75 Å². The molecule has 1 aromatic carbocycles. The van der Waals surface area contributed by atoms with Gasteiger partial charge >= 0.3 is 0 Å². The summed E-state index contributed by atoms with van der Waals surface area (Å²) >= 11 is 0. The van der Waals surface area contributed by atoms with E-state index in [9.17, 15) is 0 Å². The molecule has 2 nitrogen and oxygen atoms in total. The Morgan fingerprint density at radius 1 is 1.05 bits per heavy atom. The van der Waals surface area contributed by atoms with Crippen LogP contribution >= 0.6 is 0 Å². The Morgan fingerprint density at radius 3 is 2.52 bits per heavy atom. The molecular formula is C19H25NO. The second kappa shape index (κ2) is 5.17. The summed E-state index contributed by atoms with van der Waals surface area (Å²) in [7, 11) is 1.74. The molecule has 21 heavy (non-hydrogen) atoms. The maximum absolute atomic E-state index is 5.31. The molecular weight excluding hydrogens is 258 g/mol. The summed E-state index contributed by atoms with van der Waals surface area (Å²) < 4.78 is 5.31. The molecule has 1 aromatic rings. The smallest absolute Gasteiger partial charge is 0.118 e. The lowest BCUT2D eigenvalue weighted by atomic mass is 9.75. The Bertz CT molecular complexity index is 549. The van der Waals surface area contributed by atoms with Crippen molar-refractivity contribution in [2.45, 2.75) is 56.4 Å². The molecule has 2 heteroatoms. The van der Waals surface area contributed by atoms with Gasteiger partial charge in [0.2, 0.25) is 0 Å². The number of rotatable bonds is 3. The van der Waals surface area contributed by atoms with E-state index in [1.165, 1.54) is 57.1 Å². The third-order valence-corrected chi connectivity index (χ3v) is 5.76. The van der Waals surface area contributed by atoms with Crippen LogP contribution in [0.4, 0.5) is 0 Å². The van der Waals surface area contributed by atoms with Gasteiger partial charge in [-0.2, -0.15) is 0 Å². The molecule has 1 N–H and O–H groups in total. The number of methoxy groups -OCH3 is 1. The lowest BCUT2D eigenvalue weighted by Gasteiger charge is -2.38. The largest absolute Gasteiger partial charge is 0.497 e. The van der Waals surface area contributed by atoms with Gasteiger partial charge in [0, 0.05) is 11.5 Å². The highest BCUT2D eigenvalue weighted by atomic mass is 16.5. The van der Waals surface area contributed by atoms with Crippen LogP contribution < -0.4 is 10.1 Å². The molecule has 0 saturated heterocycles. The van der Waals surface area contributed by atoms with E-state index in [0.717, 1.165) is 5.75 Å². The zero-order valence-electron chi connectivity index (χ0n) is 13.0. The fraction of sp³-hybridized carbons (Fsp3) is 0.579. The molecule has 1 saturated carbocycles. The Morgan fingerprint density at radius 2 is 1.81 bits per heavy atom. The first-order valence-electron chi connectivity index (χ1n) is 8.42. The predicted octanol–water partition coefficient (Wildman–Crippen LogP) is 3.96. The van der Waals surface area contributed by atoms with E-state index < -0.39 is 0 Å². The van der Waals surface area contributed by atoms with Crippen molar-refractivity contribution in [3.63, 3.8) is 0 Å². The van der Waals surface area contributed by atoms with E-state index in [0.29, 0.717) is 11.5 Å². The number of hydrogen-bond donors (Lipinski definition) is 1. The van der Waals surface area contributed by atoms with E-state index in [1.807, 2.05) is 0 Å². The van der Waals surface area contributed by atoms with E-state index in [1.54, 1.807) is 18.3 Å². The molecule has 0 spiro atoms. The Labute approximate surface area is 127 Å². The molecule has 3 aliphatic rings.